The van der Waals surface area contributed by atoms with E-state index in [4.69, 9.17) is 5.11 Å². The molecule has 6 heteroatoms. The van der Waals surface area contributed by atoms with Crippen molar-refractivity contribution in [1.29, 1.82) is 0 Å². The lowest BCUT2D eigenvalue weighted by molar-refractivity contribution is 0.0697. The van der Waals surface area contributed by atoms with Crippen molar-refractivity contribution < 1.29 is 25.2 Å². The lowest BCUT2D eigenvalue weighted by Gasteiger charge is -2.06. The fraction of sp³-hybridized carbons (Fsp3) is 0. The summed E-state index contributed by atoms with van der Waals surface area (Å²) in [4.78, 5) is 10.6. The number of hydrogen-bond donors (Lipinski definition) is 4. The maximum Gasteiger partial charge on any atom is 0.335 e. The van der Waals surface area contributed by atoms with Crippen LogP contribution in [0.3, 0.4) is 0 Å². The predicted octanol–water partition coefficient (Wildman–Crippen LogP) is 1.29. The Hall–Kier alpha value is -2.63. The van der Waals surface area contributed by atoms with Gasteiger partial charge in [0, 0.05) is 6.07 Å². The molecule has 6 nitrogen and oxygen atoms in total. The van der Waals surface area contributed by atoms with Crippen LogP contribution in [0.5, 0.6) is 17.5 Å². The van der Waals surface area contributed by atoms with Crippen molar-refractivity contribution >= 4 is 5.97 Å². The number of aromatic hydroxyl groups is 3. The molecule has 1 heterocycles. The van der Waals surface area contributed by atoms with Crippen molar-refractivity contribution in [2.24, 2.45) is 0 Å². The molecule has 0 atom stereocenters. The number of nitrogens with zero attached hydrogens (tertiary/aromatic N) is 1. The highest BCUT2D eigenvalue weighted by atomic mass is 16.4. The lowest BCUT2D eigenvalue weighted by atomic mass is 10.2. The minimum absolute atomic E-state index is 0.0871. The van der Waals surface area contributed by atoms with Crippen LogP contribution >= 0.6 is 0 Å². The largest absolute Gasteiger partial charge is 0.503 e. The van der Waals surface area contributed by atoms with Gasteiger partial charge in [0.05, 0.1) is 11.3 Å². The Morgan fingerprint density at radius 3 is 2.06 bits per heavy atom. The number of benzene rings is 1. The number of carboxylic acid groups (broad SMARTS) is 1. The third-order valence-corrected chi connectivity index (χ3v) is 2.31. The second kappa shape index (κ2) is 3.75. The molecular formula is C11H9NO5. The second-order valence-electron chi connectivity index (χ2n) is 3.40. The number of carboxylic acids is 1. The van der Waals surface area contributed by atoms with Crippen LogP contribution in [0, 0.1) is 0 Å². The summed E-state index contributed by atoms with van der Waals surface area (Å²) in [5.74, 6) is -2.38. The van der Waals surface area contributed by atoms with Crippen molar-refractivity contribution in [3.63, 3.8) is 0 Å². The van der Waals surface area contributed by atoms with Crippen LogP contribution in [0.2, 0.25) is 0 Å². The molecule has 0 aliphatic heterocycles. The van der Waals surface area contributed by atoms with Gasteiger partial charge in [0.1, 0.15) is 0 Å². The summed E-state index contributed by atoms with van der Waals surface area (Å²) in [5.41, 5.74) is 0.425. The van der Waals surface area contributed by atoms with Gasteiger partial charge in [0.15, 0.2) is 5.75 Å². The Kier molecular flexibility index (Phi) is 2.40. The first kappa shape index (κ1) is 10.9. The number of hydrogen-bond acceptors (Lipinski definition) is 4. The van der Waals surface area contributed by atoms with E-state index in [0.29, 0.717) is 5.69 Å². The molecule has 0 bridgehead atoms. The van der Waals surface area contributed by atoms with Gasteiger partial charge in [0.2, 0.25) is 11.8 Å². The molecule has 0 saturated heterocycles. The Morgan fingerprint density at radius 1 is 1.06 bits per heavy atom. The van der Waals surface area contributed by atoms with E-state index < -0.39 is 17.6 Å². The number of carbonyl (C=O) groups is 1. The van der Waals surface area contributed by atoms with Gasteiger partial charge in [-0.1, -0.05) is 0 Å². The van der Waals surface area contributed by atoms with Gasteiger partial charge in [-0.25, -0.2) is 9.36 Å². The molecule has 0 saturated carbocycles. The molecule has 2 rings (SSSR count). The van der Waals surface area contributed by atoms with Crippen molar-refractivity contribution in [2.45, 2.75) is 0 Å². The summed E-state index contributed by atoms with van der Waals surface area (Å²) in [7, 11) is 0. The summed E-state index contributed by atoms with van der Waals surface area (Å²) in [6.45, 7) is 0. The molecule has 1 aromatic carbocycles. The molecule has 1 aromatic heterocycles. The van der Waals surface area contributed by atoms with Crippen LogP contribution in [0.1, 0.15) is 10.4 Å². The van der Waals surface area contributed by atoms with Crippen molar-refractivity contribution in [2.75, 3.05) is 0 Å². The van der Waals surface area contributed by atoms with Gasteiger partial charge in [-0.15, -0.1) is 0 Å². The molecule has 0 spiro atoms. The molecule has 0 aliphatic rings. The fourth-order valence-corrected chi connectivity index (χ4v) is 1.48. The second-order valence-corrected chi connectivity index (χ2v) is 3.40. The predicted molar refractivity (Wildman–Crippen MR) is 57.7 cm³/mol. The lowest BCUT2D eigenvalue weighted by Crippen LogP contribution is -1.97. The summed E-state index contributed by atoms with van der Waals surface area (Å²) in [6, 6.07) is 6.45. The molecule has 0 radical (unpaired) electrons. The first-order valence-corrected chi connectivity index (χ1v) is 4.67. The molecule has 0 unspecified atom stereocenters. The topological polar surface area (TPSA) is 103 Å². The third-order valence-electron chi connectivity index (χ3n) is 2.31. The molecule has 0 fully saturated rings. The Balaban J connectivity index is 2.50. The van der Waals surface area contributed by atoms with Crippen molar-refractivity contribution in [3.05, 3.63) is 35.9 Å². The highest BCUT2D eigenvalue weighted by Gasteiger charge is 2.14. The molecule has 4 N–H and O–H groups in total. The molecule has 88 valence electrons. The van der Waals surface area contributed by atoms with E-state index in [1.54, 1.807) is 0 Å². The van der Waals surface area contributed by atoms with E-state index >= 15 is 0 Å². The van der Waals surface area contributed by atoms with Crippen LogP contribution in [-0.4, -0.2) is 31.0 Å². The van der Waals surface area contributed by atoms with Crippen LogP contribution in [0.15, 0.2) is 30.3 Å². The maximum absolute atomic E-state index is 10.6. The van der Waals surface area contributed by atoms with Gasteiger partial charge >= 0.3 is 5.97 Å². The van der Waals surface area contributed by atoms with E-state index in [1.165, 1.54) is 24.3 Å². The SMILES string of the molecule is O=C(O)c1ccc(-n2c(O)cc(O)c2O)cc1. The zero-order valence-corrected chi connectivity index (χ0v) is 8.53. The molecule has 2 aromatic rings. The van der Waals surface area contributed by atoms with Gasteiger partial charge < -0.3 is 20.4 Å². The minimum atomic E-state index is -1.07. The minimum Gasteiger partial charge on any atom is -0.503 e. The summed E-state index contributed by atoms with van der Waals surface area (Å²) in [6.07, 6.45) is 0. The molecular weight excluding hydrogens is 226 g/mol. The van der Waals surface area contributed by atoms with Gasteiger partial charge in [-0.3, -0.25) is 0 Å². The average molecular weight is 235 g/mol. The van der Waals surface area contributed by atoms with Crippen molar-refractivity contribution in [3.8, 4) is 23.2 Å². The molecule has 0 aliphatic carbocycles. The maximum atomic E-state index is 10.6. The summed E-state index contributed by atoms with van der Waals surface area (Å²) in [5, 5.41) is 36.9. The van der Waals surface area contributed by atoms with E-state index in [-0.39, 0.29) is 11.4 Å². The fourth-order valence-electron chi connectivity index (χ4n) is 1.48. The van der Waals surface area contributed by atoms with E-state index in [2.05, 4.69) is 0 Å². The van der Waals surface area contributed by atoms with Crippen LogP contribution < -0.4 is 0 Å². The van der Waals surface area contributed by atoms with Gasteiger partial charge in [-0.05, 0) is 24.3 Å². The Labute approximate surface area is 95.6 Å². The van der Waals surface area contributed by atoms with E-state index in [0.717, 1.165) is 10.6 Å². The average Bonchev–Trinajstić information content (AvgIpc) is 2.53. The number of aromatic carboxylic acids is 1. The summed E-state index contributed by atoms with van der Waals surface area (Å²) < 4.78 is 0.987. The number of aromatic nitrogens is 1. The highest BCUT2D eigenvalue weighted by molar-refractivity contribution is 5.87. The Bertz CT molecular complexity index is 570. The van der Waals surface area contributed by atoms with Crippen LogP contribution in [0.25, 0.3) is 5.69 Å². The smallest absolute Gasteiger partial charge is 0.335 e. The van der Waals surface area contributed by atoms with Gasteiger partial charge in [-0.2, -0.15) is 0 Å². The first-order chi connectivity index (χ1) is 8.00. The quantitative estimate of drug-likeness (QED) is 0.628. The zero-order chi connectivity index (χ0) is 12.6. The van der Waals surface area contributed by atoms with Crippen LogP contribution in [-0.2, 0) is 0 Å². The van der Waals surface area contributed by atoms with Crippen molar-refractivity contribution in [1.82, 2.24) is 4.57 Å². The molecule has 17 heavy (non-hydrogen) atoms. The normalized spacial score (nSPS) is 10.4. The summed E-state index contributed by atoms with van der Waals surface area (Å²) >= 11 is 0. The highest BCUT2D eigenvalue weighted by Crippen LogP contribution is 2.35. The standard InChI is InChI=1S/C11H9NO5/c13-8-5-9(14)12(10(8)15)7-3-1-6(2-4-7)11(16)17/h1-5,13-15H,(H,16,17). The van der Waals surface area contributed by atoms with E-state index in [1.807, 2.05) is 0 Å². The number of rotatable bonds is 2. The monoisotopic (exact) mass is 235 g/mol. The third kappa shape index (κ3) is 1.76. The zero-order valence-electron chi connectivity index (χ0n) is 8.53. The first-order valence-electron chi connectivity index (χ1n) is 4.67. The van der Waals surface area contributed by atoms with E-state index in [9.17, 15) is 20.1 Å². The van der Waals surface area contributed by atoms with Crippen LogP contribution in [0.4, 0.5) is 0 Å². The Morgan fingerprint density at radius 2 is 1.65 bits per heavy atom. The molecule has 0 amide bonds. The van der Waals surface area contributed by atoms with Gasteiger partial charge in [0.25, 0.3) is 0 Å².